The number of rotatable bonds is 6. The number of methoxy groups -OCH3 is 1. The fourth-order valence-electron chi connectivity index (χ4n) is 1.11. The van der Waals surface area contributed by atoms with E-state index in [2.05, 4.69) is 11.3 Å². The van der Waals surface area contributed by atoms with Crippen molar-refractivity contribution in [1.29, 1.82) is 0 Å². The van der Waals surface area contributed by atoms with Crippen LogP contribution in [0.5, 0.6) is 0 Å². The minimum absolute atomic E-state index is 0.216. The normalized spacial score (nSPS) is 13.9. The highest BCUT2D eigenvalue weighted by molar-refractivity contribution is 5.69. The molecule has 0 bridgehead atoms. The van der Waals surface area contributed by atoms with E-state index in [1.165, 1.54) is 7.11 Å². The van der Waals surface area contributed by atoms with Crippen LogP contribution in [0.1, 0.15) is 19.8 Å². The van der Waals surface area contributed by atoms with Gasteiger partial charge in [0.05, 0.1) is 13.5 Å². The van der Waals surface area contributed by atoms with Crippen LogP contribution in [-0.4, -0.2) is 19.1 Å². The summed E-state index contributed by atoms with van der Waals surface area (Å²) >= 11 is 0. The predicted molar refractivity (Wildman–Crippen MR) is 62.3 cm³/mol. The molecule has 0 rings (SSSR count). The van der Waals surface area contributed by atoms with Crippen LogP contribution in [0.2, 0.25) is 0 Å². The van der Waals surface area contributed by atoms with Gasteiger partial charge >= 0.3 is 5.97 Å². The average molecular weight is 209 g/mol. The third-order valence-electron chi connectivity index (χ3n) is 1.92. The van der Waals surface area contributed by atoms with Crippen LogP contribution in [0.25, 0.3) is 0 Å². The van der Waals surface area contributed by atoms with Crippen LogP contribution >= 0.6 is 0 Å². The van der Waals surface area contributed by atoms with Crippen LogP contribution in [0.3, 0.4) is 0 Å². The third kappa shape index (κ3) is 6.69. The lowest BCUT2D eigenvalue weighted by Crippen LogP contribution is -2.24. The molecule has 3 heteroatoms. The van der Waals surface area contributed by atoms with Crippen molar-refractivity contribution in [3.63, 3.8) is 0 Å². The first-order valence-corrected chi connectivity index (χ1v) is 4.90. The maximum Gasteiger partial charge on any atom is 0.307 e. The molecule has 0 aromatic rings. The molecule has 0 aliphatic carbocycles. The Balaban J connectivity index is 4.18. The van der Waals surface area contributed by atoms with Crippen molar-refractivity contribution < 1.29 is 9.53 Å². The first kappa shape index (κ1) is 13.7. The van der Waals surface area contributed by atoms with Gasteiger partial charge in [-0.3, -0.25) is 4.79 Å². The third-order valence-corrected chi connectivity index (χ3v) is 1.92. The Bertz CT molecular complexity index is 267. The first-order chi connectivity index (χ1) is 7.13. The number of ether oxygens (including phenoxy) is 1. The zero-order valence-electron chi connectivity index (χ0n) is 9.40. The van der Waals surface area contributed by atoms with Crippen molar-refractivity contribution in [3.8, 4) is 0 Å². The number of hydrogen-bond donors (Lipinski definition) is 1. The highest BCUT2D eigenvalue weighted by Crippen LogP contribution is 2.08. The number of esters is 1. The fourth-order valence-corrected chi connectivity index (χ4v) is 1.11. The Labute approximate surface area is 91.3 Å². The molecule has 0 fully saturated rings. The zero-order valence-corrected chi connectivity index (χ0v) is 9.40. The average Bonchev–Trinajstić information content (AvgIpc) is 2.23. The Morgan fingerprint density at radius 2 is 2.20 bits per heavy atom. The van der Waals surface area contributed by atoms with E-state index in [0.29, 0.717) is 6.42 Å². The van der Waals surface area contributed by atoms with E-state index in [0.717, 1.165) is 5.57 Å². The first-order valence-electron chi connectivity index (χ1n) is 4.90. The van der Waals surface area contributed by atoms with Gasteiger partial charge in [0.15, 0.2) is 0 Å². The van der Waals surface area contributed by atoms with Gasteiger partial charge in [0.25, 0.3) is 0 Å². The van der Waals surface area contributed by atoms with Crippen LogP contribution in [0.4, 0.5) is 0 Å². The number of allylic oxidation sites excluding steroid dienone is 4. The SMILES string of the molecule is C=C/C(=C\C=C/C)CC(N)CC(=O)OC. The molecule has 0 radical (unpaired) electrons. The molecule has 0 saturated carbocycles. The van der Waals surface area contributed by atoms with Crippen molar-refractivity contribution in [1.82, 2.24) is 0 Å². The molecule has 0 aromatic carbocycles. The Morgan fingerprint density at radius 1 is 1.53 bits per heavy atom. The molecule has 0 amide bonds. The second-order valence-electron chi connectivity index (χ2n) is 3.22. The maximum atomic E-state index is 10.9. The number of hydrogen-bond acceptors (Lipinski definition) is 3. The molecule has 0 aromatic heterocycles. The quantitative estimate of drug-likeness (QED) is 0.537. The molecule has 0 heterocycles. The molecule has 3 nitrogen and oxygen atoms in total. The molecular weight excluding hydrogens is 190 g/mol. The molecule has 0 spiro atoms. The molecule has 1 atom stereocenters. The largest absolute Gasteiger partial charge is 0.469 e. The van der Waals surface area contributed by atoms with E-state index < -0.39 is 0 Å². The van der Waals surface area contributed by atoms with Crippen LogP contribution < -0.4 is 5.73 Å². The zero-order chi connectivity index (χ0) is 11.7. The molecule has 1 unspecified atom stereocenters. The van der Waals surface area contributed by atoms with E-state index in [-0.39, 0.29) is 18.4 Å². The monoisotopic (exact) mass is 209 g/mol. The molecule has 2 N–H and O–H groups in total. The topological polar surface area (TPSA) is 52.3 Å². The summed E-state index contributed by atoms with van der Waals surface area (Å²) in [4.78, 5) is 10.9. The van der Waals surface area contributed by atoms with Crippen LogP contribution in [-0.2, 0) is 9.53 Å². The van der Waals surface area contributed by atoms with Crippen molar-refractivity contribution in [2.45, 2.75) is 25.8 Å². The van der Waals surface area contributed by atoms with E-state index in [4.69, 9.17) is 5.73 Å². The predicted octanol–water partition coefficient (Wildman–Crippen LogP) is 1.96. The smallest absolute Gasteiger partial charge is 0.307 e. The van der Waals surface area contributed by atoms with Gasteiger partial charge in [-0.1, -0.05) is 30.9 Å². The highest BCUT2D eigenvalue weighted by atomic mass is 16.5. The second-order valence-corrected chi connectivity index (χ2v) is 3.22. The molecule has 0 aliphatic heterocycles. The minimum atomic E-state index is -0.281. The van der Waals surface area contributed by atoms with Crippen molar-refractivity contribution in [3.05, 3.63) is 36.5 Å². The molecule has 0 aliphatic rings. The number of carbonyl (C=O) groups excluding carboxylic acids is 1. The van der Waals surface area contributed by atoms with E-state index in [1.54, 1.807) is 6.08 Å². The molecule has 0 saturated heterocycles. The van der Waals surface area contributed by atoms with E-state index >= 15 is 0 Å². The lowest BCUT2D eigenvalue weighted by atomic mass is 10.0. The van der Waals surface area contributed by atoms with Gasteiger partial charge < -0.3 is 10.5 Å². The summed E-state index contributed by atoms with van der Waals surface area (Å²) in [5.74, 6) is -0.281. The fraction of sp³-hybridized carbons (Fsp3) is 0.417. The highest BCUT2D eigenvalue weighted by Gasteiger charge is 2.09. The van der Waals surface area contributed by atoms with Crippen molar-refractivity contribution >= 4 is 5.97 Å². The summed E-state index contributed by atoms with van der Waals surface area (Å²) in [6, 6.07) is -0.216. The standard InChI is InChI=1S/C12H19NO2/c1-4-6-7-10(5-2)8-11(13)9-12(14)15-3/h4-7,11H,2,8-9,13H2,1,3H3/b6-4-,10-7+. The van der Waals surface area contributed by atoms with Gasteiger partial charge in [0.2, 0.25) is 0 Å². The molecule has 15 heavy (non-hydrogen) atoms. The lowest BCUT2D eigenvalue weighted by molar-refractivity contribution is -0.140. The second kappa shape index (κ2) is 8.00. The number of nitrogens with two attached hydrogens (primary N) is 1. The summed E-state index contributed by atoms with van der Waals surface area (Å²) in [5.41, 5.74) is 6.80. The Hall–Kier alpha value is -1.35. The molecule has 84 valence electrons. The van der Waals surface area contributed by atoms with Gasteiger partial charge in [-0.15, -0.1) is 0 Å². The van der Waals surface area contributed by atoms with E-state index in [9.17, 15) is 4.79 Å². The van der Waals surface area contributed by atoms with Crippen LogP contribution in [0.15, 0.2) is 36.5 Å². The van der Waals surface area contributed by atoms with Crippen molar-refractivity contribution in [2.75, 3.05) is 7.11 Å². The van der Waals surface area contributed by atoms with Gasteiger partial charge in [-0.2, -0.15) is 0 Å². The van der Waals surface area contributed by atoms with Crippen molar-refractivity contribution in [2.24, 2.45) is 5.73 Å². The summed E-state index contributed by atoms with van der Waals surface area (Å²) in [5, 5.41) is 0. The number of carbonyl (C=O) groups is 1. The maximum absolute atomic E-state index is 10.9. The van der Waals surface area contributed by atoms with Gasteiger partial charge in [0, 0.05) is 6.04 Å². The summed E-state index contributed by atoms with van der Waals surface area (Å²) < 4.78 is 4.54. The lowest BCUT2D eigenvalue weighted by Gasteiger charge is -2.10. The van der Waals surface area contributed by atoms with E-state index in [1.807, 2.05) is 25.2 Å². The summed E-state index contributed by atoms with van der Waals surface area (Å²) in [6.45, 7) is 5.63. The minimum Gasteiger partial charge on any atom is -0.469 e. The molecular formula is C12H19NO2. The van der Waals surface area contributed by atoms with Gasteiger partial charge in [0.1, 0.15) is 0 Å². The summed E-state index contributed by atoms with van der Waals surface area (Å²) in [6.07, 6.45) is 8.39. The van der Waals surface area contributed by atoms with Gasteiger partial charge in [-0.25, -0.2) is 0 Å². The summed E-state index contributed by atoms with van der Waals surface area (Å²) in [7, 11) is 1.36. The van der Waals surface area contributed by atoms with Gasteiger partial charge in [-0.05, 0) is 18.9 Å². The van der Waals surface area contributed by atoms with Crippen LogP contribution in [0, 0.1) is 0 Å². The Morgan fingerprint density at radius 3 is 2.67 bits per heavy atom. The Kier molecular flexibility index (Phi) is 7.28.